The number of fused-ring (bicyclic) bond motifs is 2. The molecule has 0 unspecified atom stereocenters. The van der Waals surface area contributed by atoms with Crippen LogP contribution in [0, 0.1) is 6.92 Å². The zero-order valence-corrected chi connectivity index (χ0v) is 24.8. The van der Waals surface area contributed by atoms with Gasteiger partial charge in [-0.15, -0.1) is 0 Å². The lowest BCUT2D eigenvalue weighted by atomic mass is 10.0. The van der Waals surface area contributed by atoms with Gasteiger partial charge in [-0.05, 0) is 93.2 Å². The molecule has 198 valence electrons. The van der Waals surface area contributed by atoms with Gasteiger partial charge in [-0.2, -0.15) is 0 Å². The Labute approximate surface area is 235 Å². The Morgan fingerprint density at radius 2 is 1.71 bits per heavy atom. The number of hydrogen-bond acceptors (Lipinski definition) is 7. The van der Waals surface area contributed by atoms with E-state index in [2.05, 4.69) is 36.6 Å². The van der Waals surface area contributed by atoms with Gasteiger partial charge in [-0.1, -0.05) is 0 Å². The first kappa shape index (κ1) is 26.7. The fraction of sp³-hybridized carbons (Fsp3) is 0.160. The number of phenolic OH excluding ortho intramolecular Hbond substituents is 1. The standard InChI is InChI=1S/C25H20Br2N2O7S2/c1-13-23(24(30)15-10-19(26)25(31)20(27)11-15)18-5-4-17(12-22(18)36-13)38(34,35)28-16-3-6-21-14(9-16)7-8-29(21)37(2,32)33/h3-6,9-12,28,31H,7-8H2,1-2H3. The fourth-order valence-corrected chi connectivity index (χ4v) is 7.69. The Morgan fingerprint density at radius 1 is 1.03 bits per heavy atom. The molecule has 0 fully saturated rings. The second-order valence-corrected chi connectivity index (χ2v) is 14.1. The topological polar surface area (TPSA) is 134 Å². The third kappa shape index (κ3) is 4.72. The van der Waals surface area contributed by atoms with Gasteiger partial charge in [-0.3, -0.25) is 13.8 Å². The van der Waals surface area contributed by atoms with Gasteiger partial charge in [0.05, 0.1) is 31.3 Å². The molecule has 13 heteroatoms. The Hall–Kier alpha value is -2.87. The molecule has 5 rings (SSSR count). The zero-order valence-electron chi connectivity index (χ0n) is 19.9. The summed E-state index contributed by atoms with van der Waals surface area (Å²) in [6, 6.07) is 12.0. The van der Waals surface area contributed by atoms with Crippen LogP contribution < -0.4 is 9.03 Å². The summed E-state index contributed by atoms with van der Waals surface area (Å²) < 4.78 is 60.5. The molecule has 3 aromatic carbocycles. The van der Waals surface area contributed by atoms with Crippen molar-refractivity contribution in [1.29, 1.82) is 0 Å². The molecule has 1 aliphatic heterocycles. The summed E-state index contributed by atoms with van der Waals surface area (Å²) in [5.41, 5.74) is 2.38. The minimum atomic E-state index is -4.02. The molecule has 1 aromatic heterocycles. The van der Waals surface area contributed by atoms with Crippen molar-refractivity contribution in [3.8, 4) is 5.75 Å². The fourth-order valence-electron chi connectivity index (χ4n) is 4.48. The number of phenols is 1. The predicted octanol–water partition coefficient (Wildman–Crippen LogP) is 5.33. The molecule has 0 spiro atoms. The van der Waals surface area contributed by atoms with Crippen molar-refractivity contribution in [3.63, 3.8) is 0 Å². The van der Waals surface area contributed by atoms with E-state index in [1.165, 1.54) is 40.7 Å². The van der Waals surface area contributed by atoms with E-state index < -0.39 is 20.0 Å². The molecule has 9 nitrogen and oxygen atoms in total. The normalized spacial score (nSPS) is 13.6. The molecule has 0 aliphatic carbocycles. The van der Waals surface area contributed by atoms with Crippen molar-refractivity contribution in [2.45, 2.75) is 18.2 Å². The summed E-state index contributed by atoms with van der Waals surface area (Å²) in [5, 5.41) is 10.4. The Bertz CT molecular complexity index is 1840. The highest BCUT2D eigenvalue weighted by Gasteiger charge is 2.27. The van der Waals surface area contributed by atoms with E-state index in [-0.39, 0.29) is 27.6 Å². The van der Waals surface area contributed by atoms with Crippen molar-refractivity contribution in [2.24, 2.45) is 0 Å². The van der Waals surface area contributed by atoms with Crippen LogP contribution in [0.2, 0.25) is 0 Å². The van der Waals surface area contributed by atoms with Gasteiger partial charge in [0.2, 0.25) is 10.0 Å². The first-order valence-corrected chi connectivity index (χ1v) is 16.1. The molecule has 0 saturated carbocycles. The third-order valence-electron chi connectivity index (χ3n) is 6.24. The molecule has 2 N–H and O–H groups in total. The summed E-state index contributed by atoms with van der Waals surface area (Å²) in [4.78, 5) is 13.2. The molecule has 2 heterocycles. The average molecular weight is 684 g/mol. The van der Waals surface area contributed by atoms with Crippen LogP contribution in [0.5, 0.6) is 5.75 Å². The first-order valence-electron chi connectivity index (χ1n) is 11.2. The molecule has 0 saturated heterocycles. The van der Waals surface area contributed by atoms with Gasteiger partial charge in [0.25, 0.3) is 10.0 Å². The second kappa shape index (κ2) is 9.40. The molecule has 1 aliphatic rings. The van der Waals surface area contributed by atoms with E-state index in [0.717, 1.165) is 11.8 Å². The Kier molecular flexibility index (Phi) is 6.61. The van der Waals surface area contributed by atoms with E-state index >= 15 is 0 Å². The Morgan fingerprint density at radius 3 is 2.37 bits per heavy atom. The lowest BCUT2D eigenvalue weighted by molar-refractivity contribution is 0.103. The number of ketones is 1. The van der Waals surface area contributed by atoms with Gasteiger partial charge in [0.15, 0.2) is 5.78 Å². The molecule has 0 amide bonds. The van der Waals surface area contributed by atoms with Crippen LogP contribution in [0.25, 0.3) is 11.0 Å². The lowest BCUT2D eigenvalue weighted by Gasteiger charge is -2.16. The molecule has 0 radical (unpaired) electrons. The van der Waals surface area contributed by atoms with Crippen molar-refractivity contribution in [1.82, 2.24) is 0 Å². The monoisotopic (exact) mass is 682 g/mol. The number of aromatic hydroxyl groups is 1. The lowest BCUT2D eigenvalue weighted by Crippen LogP contribution is -2.27. The minimum absolute atomic E-state index is 0.0335. The molecule has 0 bridgehead atoms. The highest BCUT2D eigenvalue weighted by atomic mass is 79.9. The van der Waals surface area contributed by atoms with Crippen LogP contribution in [0.15, 0.2) is 66.8 Å². The van der Waals surface area contributed by atoms with Crippen LogP contribution in [0.1, 0.15) is 27.2 Å². The second-order valence-electron chi connectivity index (χ2n) is 8.84. The van der Waals surface area contributed by atoms with E-state index in [0.29, 0.717) is 50.0 Å². The number of carbonyl (C=O) groups excluding carboxylic acids is 1. The van der Waals surface area contributed by atoms with Crippen LogP contribution in [-0.2, 0) is 26.5 Å². The third-order valence-corrected chi connectivity index (χ3v) is 10.0. The highest BCUT2D eigenvalue weighted by molar-refractivity contribution is 9.11. The number of carbonyl (C=O) groups is 1. The van der Waals surface area contributed by atoms with Crippen molar-refractivity contribution in [2.75, 3.05) is 21.8 Å². The number of hydrogen-bond donors (Lipinski definition) is 2. The summed E-state index contributed by atoms with van der Waals surface area (Å²) in [6.07, 6.45) is 1.60. The van der Waals surface area contributed by atoms with E-state index in [1.807, 2.05) is 0 Å². The van der Waals surface area contributed by atoms with Gasteiger partial charge in [0, 0.05) is 29.2 Å². The quantitative estimate of drug-likeness (QED) is 0.263. The van der Waals surface area contributed by atoms with E-state index in [9.17, 15) is 26.7 Å². The van der Waals surface area contributed by atoms with E-state index in [1.54, 1.807) is 19.1 Å². The summed E-state index contributed by atoms with van der Waals surface area (Å²) in [7, 11) is -7.44. The molecule has 0 atom stereocenters. The number of rotatable bonds is 6. The number of sulfonamides is 2. The first-order chi connectivity index (χ1) is 17.8. The van der Waals surface area contributed by atoms with Gasteiger partial charge in [0.1, 0.15) is 17.1 Å². The SMILES string of the molecule is Cc1oc2cc(S(=O)(=O)Nc3ccc4c(c3)CCN4S(C)(=O)=O)ccc2c1C(=O)c1cc(Br)c(O)c(Br)c1. The number of anilines is 2. The highest BCUT2D eigenvalue weighted by Crippen LogP contribution is 2.37. The largest absolute Gasteiger partial charge is 0.506 e. The molecular formula is C25H20Br2N2O7S2. The minimum Gasteiger partial charge on any atom is -0.506 e. The number of aryl methyl sites for hydroxylation is 1. The smallest absolute Gasteiger partial charge is 0.262 e. The van der Waals surface area contributed by atoms with E-state index in [4.69, 9.17) is 4.42 Å². The van der Waals surface area contributed by atoms with Crippen molar-refractivity contribution >= 4 is 80.0 Å². The number of halogens is 2. The van der Waals surface area contributed by atoms with Crippen molar-refractivity contribution < 1.29 is 31.2 Å². The van der Waals surface area contributed by atoms with Gasteiger partial charge < -0.3 is 9.52 Å². The summed E-state index contributed by atoms with van der Waals surface area (Å²) >= 11 is 6.45. The maximum Gasteiger partial charge on any atom is 0.262 e. The van der Waals surface area contributed by atoms with Crippen LogP contribution >= 0.6 is 31.9 Å². The van der Waals surface area contributed by atoms with Gasteiger partial charge >= 0.3 is 0 Å². The molecular weight excluding hydrogens is 664 g/mol. The van der Waals surface area contributed by atoms with Crippen LogP contribution in [-0.4, -0.2) is 40.5 Å². The number of benzene rings is 3. The summed E-state index contributed by atoms with van der Waals surface area (Å²) in [6.45, 7) is 1.92. The number of nitrogens with one attached hydrogen (secondary N) is 1. The van der Waals surface area contributed by atoms with Crippen LogP contribution in [0.3, 0.4) is 0 Å². The summed E-state index contributed by atoms with van der Waals surface area (Å²) in [5.74, 6) is -0.0618. The number of furan rings is 1. The van der Waals surface area contributed by atoms with Crippen LogP contribution in [0.4, 0.5) is 11.4 Å². The van der Waals surface area contributed by atoms with Crippen molar-refractivity contribution in [3.05, 3.63) is 79.9 Å². The predicted molar refractivity (Wildman–Crippen MR) is 151 cm³/mol. The molecule has 4 aromatic rings. The number of nitrogens with zero attached hydrogens (tertiary/aromatic N) is 1. The maximum atomic E-state index is 13.3. The zero-order chi connectivity index (χ0) is 27.6. The van der Waals surface area contributed by atoms with Gasteiger partial charge in [-0.25, -0.2) is 16.8 Å². The maximum absolute atomic E-state index is 13.3. The Balaban J connectivity index is 1.46. The molecule has 38 heavy (non-hydrogen) atoms. The average Bonchev–Trinajstić information content (AvgIpc) is 3.40.